The molecule has 2 aromatic heterocycles. The number of carbonyl (C=O) groups is 1. The predicted molar refractivity (Wildman–Crippen MR) is 105 cm³/mol. The van der Waals surface area contributed by atoms with Gasteiger partial charge >= 0.3 is 5.97 Å². The van der Waals surface area contributed by atoms with E-state index >= 15 is 0 Å². The standard InChI is InChI=1S/C20H18N6O4/c21-15(11-18(27)28)12-26-24-19(23-25-26)13-1-5-16(6-2-13)30-17-7-3-14(4-8-17)20-22-9-10-29-20/h1-10,15H,11-12,21H2,(H,27,28)/t15-/m1/s1. The minimum Gasteiger partial charge on any atom is -0.481 e. The Bertz CT molecular complexity index is 1110. The Labute approximate surface area is 170 Å². The maximum Gasteiger partial charge on any atom is 0.304 e. The Hall–Kier alpha value is -4.05. The maximum absolute atomic E-state index is 10.7. The van der Waals surface area contributed by atoms with Gasteiger partial charge in [0.15, 0.2) is 0 Å². The largest absolute Gasteiger partial charge is 0.481 e. The fraction of sp³-hybridized carbons (Fsp3) is 0.150. The van der Waals surface area contributed by atoms with Crippen LogP contribution in [0.25, 0.3) is 22.8 Å². The van der Waals surface area contributed by atoms with Gasteiger partial charge in [0.25, 0.3) is 0 Å². The zero-order chi connectivity index (χ0) is 20.9. The van der Waals surface area contributed by atoms with Gasteiger partial charge in [-0.05, 0) is 53.7 Å². The highest BCUT2D eigenvalue weighted by Crippen LogP contribution is 2.26. The Morgan fingerprint density at radius 2 is 1.77 bits per heavy atom. The fourth-order valence-corrected chi connectivity index (χ4v) is 2.77. The number of carboxylic acid groups (broad SMARTS) is 1. The van der Waals surface area contributed by atoms with E-state index in [1.165, 1.54) is 11.1 Å². The lowest BCUT2D eigenvalue weighted by molar-refractivity contribution is -0.137. The molecule has 0 fully saturated rings. The highest BCUT2D eigenvalue weighted by Gasteiger charge is 2.12. The summed E-state index contributed by atoms with van der Waals surface area (Å²) >= 11 is 0. The normalized spacial score (nSPS) is 11.9. The van der Waals surface area contributed by atoms with Crippen molar-refractivity contribution in [3.05, 3.63) is 61.0 Å². The molecule has 0 saturated heterocycles. The number of tetrazole rings is 1. The van der Waals surface area contributed by atoms with Gasteiger partial charge in [-0.2, -0.15) is 4.80 Å². The minimum atomic E-state index is -0.967. The van der Waals surface area contributed by atoms with Gasteiger partial charge in [0.1, 0.15) is 17.8 Å². The van der Waals surface area contributed by atoms with Crippen molar-refractivity contribution in [2.45, 2.75) is 19.0 Å². The first-order chi connectivity index (χ1) is 14.6. The summed E-state index contributed by atoms with van der Waals surface area (Å²) in [6.45, 7) is 0.171. The number of rotatable bonds is 8. The van der Waals surface area contributed by atoms with E-state index < -0.39 is 12.0 Å². The van der Waals surface area contributed by atoms with E-state index in [0.717, 1.165) is 11.1 Å². The predicted octanol–water partition coefficient (Wildman–Crippen LogP) is 2.59. The first kappa shape index (κ1) is 19.3. The lowest BCUT2D eigenvalue weighted by atomic mass is 10.2. The quantitative estimate of drug-likeness (QED) is 0.451. The van der Waals surface area contributed by atoms with Crippen molar-refractivity contribution in [1.82, 2.24) is 25.2 Å². The number of hydrogen-bond acceptors (Lipinski definition) is 8. The second kappa shape index (κ2) is 8.53. The molecule has 0 unspecified atom stereocenters. The Morgan fingerprint density at radius 1 is 1.10 bits per heavy atom. The van der Waals surface area contributed by atoms with E-state index in [2.05, 4.69) is 20.4 Å². The highest BCUT2D eigenvalue weighted by molar-refractivity contribution is 5.67. The number of carboxylic acids is 1. The number of nitrogens with two attached hydrogens (primary N) is 1. The molecule has 0 amide bonds. The summed E-state index contributed by atoms with van der Waals surface area (Å²) in [6, 6.07) is 14.0. The monoisotopic (exact) mass is 406 g/mol. The van der Waals surface area contributed by atoms with Crippen LogP contribution >= 0.6 is 0 Å². The number of benzene rings is 2. The molecule has 0 radical (unpaired) electrons. The van der Waals surface area contributed by atoms with E-state index in [1.807, 2.05) is 36.4 Å². The van der Waals surface area contributed by atoms with Crippen molar-refractivity contribution in [3.8, 4) is 34.3 Å². The maximum atomic E-state index is 10.7. The third-order valence-electron chi connectivity index (χ3n) is 4.17. The SMILES string of the molecule is N[C@H](CC(=O)O)Cn1nnc(-c2ccc(Oc3ccc(-c4ncco4)cc3)cc2)n1. The molecule has 4 aromatic rings. The van der Waals surface area contributed by atoms with Gasteiger partial charge in [-0.15, -0.1) is 10.2 Å². The summed E-state index contributed by atoms with van der Waals surface area (Å²) in [5, 5.41) is 20.9. The molecule has 0 aliphatic carbocycles. The Morgan fingerprint density at radius 3 is 2.37 bits per heavy atom. The minimum absolute atomic E-state index is 0.165. The van der Waals surface area contributed by atoms with Crippen LogP contribution in [-0.4, -0.2) is 42.3 Å². The first-order valence-corrected chi connectivity index (χ1v) is 9.10. The lowest BCUT2D eigenvalue weighted by Crippen LogP contribution is -2.30. The van der Waals surface area contributed by atoms with Crippen molar-refractivity contribution in [3.63, 3.8) is 0 Å². The summed E-state index contributed by atoms with van der Waals surface area (Å²) in [7, 11) is 0. The molecule has 10 heteroatoms. The third-order valence-corrected chi connectivity index (χ3v) is 4.17. The molecule has 2 aromatic carbocycles. The van der Waals surface area contributed by atoms with E-state index in [1.54, 1.807) is 18.3 Å². The molecule has 152 valence electrons. The van der Waals surface area contributed by atoms with Gasteiger partial charge in [-0.3, -0.25) is 4.79 Å². The van der Waals surface area contributed by atoms with Crippen LogP contribution in [0.5, 0.6) is 11.5 Å². The fourth-order valence-electron chi connectivity index (χ4n) is 2.77. The van der Waals surface area contributed by atoms with Crippen molar-refractivity contribution in [1.29, 1.82) is 0 Å². The Kier molecular flexibility index (Phi) is 5.48. The number of ether oxygens (including phenoxy) is 1. The average molecular weight is 406 g/mol. The van der Waals surface area contributed by atoms with Crippen molar-refractivity contribution in [2.75, 3.05) is 0 Å². The van der Waals surface area contributed by atoms with Crippen molar-refractivity contribution >= 4 is 5.97 Å². The molecule has 0 spiro atoms. The molecule has 2 heterocycles. The third kappa shape index (κ3) is 4.67. The number of hydrogen-bond donors (Lipinski definition) is 2. The molecule has 0 aliphatic rings. The van der Waals surface area contributed by atoms with E-state index in [-0.39, 0.29) is 13.0 Å². The average Bonchev–Trinajstić information content (AvgIpc) is 3.41. The second-order valence-electron chi connectivity index (χ2n) is 6.51. The number of oxazole rings is 1. The number of nitrogens with zero attached hydrogens (tertiary/aromatic N) is 5. The van der Waals surface area contributed by atoms with Crippen molar-refractivity contribution in [2.24, 2.45) is 5.73 Å². The molecule has 10 nitrogen and oxygen atoms in total. The summed E-state index contributed by atoms with van der Waals surface area (Å²) in [5.41, 5.74) is 7.36. The van der Waals surface area contributed by atoms with Crippen LogP contribution in [0.2, 0.25) is 0 Å². The summed E-state index contributed by atoms with van der Waals surface area (Å²) in [5.74, 6) is 1.33. The Balaban J connectivity index is 1.39. The molecule has 0 aliphatic heterocycles. The van der Waals surface area contributed by atoms with Crippen LogP contribution in [0.3, 0.4) is 0 Å². The van der Waals surface area contributed by atoms with Gasteiger partial charge in [-0.25, -0.2) is 4.98 Å². The van der Waals surface area contributed by atoms with E-state index in [4.69, 9.17) is 20.0 Å². The van der Waals surface area contributed by atoms with Crippen LogP contribution in [0.1, 0.15) is 6.42 Å². The van der Waals surface area contributed by atoms with E-state index in [0.29, 0.717) is 23.2 Å². The topological polar surface area (TPSA) is 142 Å². The van der Waals surface area contributed by atoms with Gasteiger partial charge in [0.2, 0.25) is 11.7 Å². The summed E-state index contributed by atoms with van der Waals surface area (Å²) < 4.78 is 11.1. The zero-order valence-corrected chi connectivity index (χ0v) is 15.8. The number of aliphatic carboxylic acids is 1. The van der Waals surface area contributed by atoms with Gasteiger partial charge in [-0.1, -0.05) is 0 Å². The lowest BCUT2D eigenvalue weighted by Gasteiger charge is -2.07. The molecule has 3 N–H and O–H groups in total. The van der Waals surface area contributed by atoms with E-state index in [9.17, 15) is 4.79 Å². The molecule has 0 bridgehead atoms. The summed E-state index contributed by atoms with van der Waals surface area (Å²) in [6.07, 6.45) is 2.96. The van der Waals surface area contributed by atoms with Crippen LogP contribution in [0.15, 0.2) is 65.4 Å². The van der Waals surface area contributed by atoms with Crippen LogP contribution < -0.4 is 10.5 Å². The van der Waals surface area contributed by atoms with Gasteiger partial charge in [0, 0.05) is 17.2 Å². The molecule has 0 saturated carbocycles. The van der Waals surface area contributed by atoms with Crippen LogP contribution in [0.4, 0.5) is 0 Å². The molecule has 4 rings (SSSR count). The summed E-state index contributed by atoms with van der Waals surface area (Å²) in [4.78, 5) is 16.1. The smallest absolute Gasteiger partial charge is 0.304 e. The van der Waals surface area contributed by atoms with Crippen molar-refractivity contribution < 1.29 is 19.1 Å². The molecular weight excluding hydrogens is 388 g/mol. The molecule has 1 atom stereocenters. The zero-order valence-electron chi connectivity index (χ0n) is 15.8. The molecular formula is C20H18N6O4. The van der Waals surface area contributed by atoms with Crippen LogP contribution in [-0.2, 0) is 11.3 Å². The second-order valence-corrected chi connectivity index (χ2v) is 6.51. The highest BCUT2D eigenvalue weighted by atomic mass is 16.5. The van der Waals surface area contributed by atoms with Gasteiger partial charge < -0.3 is 20.0 Å². The van der Waals surface area contributed by atoms with Crippen LogP contribution in [0, 0.1) is 0 Å². The van der Waals surface area contributed by atoms with Gasteiger partial charge in [0.05, 0.1) is 19.2 Å². The first-order valence-electron chi connectivity index (χ1n) is 9.10. The molecule has 30 heavy (non-hydrogen) atoms. The number of aromatic nitrogens is 5.